The number of hydrogen-bond donors (Lipinski definition) is 0. The van der Waals surface area contributed by atoms with Crippen LogP contribution < -0.4 is 0 Å². The molecule has 15 heavy (non-hydrogen) atoms. The first-order valence-corrected chi connectivity index (χ1v) is 7.16. The molecule has 1 aromatic heterocycles. The van der Waals surface area contributed by atoms with Gasteiger partial charge in [-0.15, -0.1) is 11.3 Å². The summed E-state index contributed by atoms with van der Waals surface area (Å²) in [5, 5.41) is 2.08. The zero-order chi connectivity index (χ0) is 11.4. The summed E-state index contributed by atoms with van der Waals surface area (Å²) >= 11 is 8.90. The van der Waals surface area contributed by atoms with E-state index in [1.807, 2.05) is 0 Å². The van der Waals surface area contributed by atoms with Crippen molar-refractivity contribution in [3.63, 3.8) is 0 Å². The van der Waals surface area contributed by atoms with Crippen LogP contribution in [0.3, 0.4) is 0 Å². The van der Waals surface area contributed by atoms with E-state index in [1.54, 1.807) is 23.1 Å². The predicted molar refractivity (Wildman–Crippen MR) is 74.9 cm³/mol. The average molecular weight is 259 g/mol. The standard InChI is InChI=1S/C11H17NS3/c1-8(2)12(9(3)4)11(13)15-10-6-5-7-14-10/h5-9H,1-4H3. The lowest BCUT2D eigenvalue weighted by atomic mass is 10.2. The van der Waals surface area contributed by atoms with Gasteiger partial charge in [-0.05, 0) is 50.9 Å². The molecule has 0 saturated heterocycles. The molecule has 0 aliphatic heterocycles. The quantitative estimate of drug-likeness (QED) is 0.590. The van der Waals surface area contributed by atoms with Crippen LogP contribution in [0.5, 0.6) is 0 Å². The highest BCUT2D eigenvalue weighted by atomic mass is 32.2. The SMILES string of the molecule is CC(C)N(C(=S)Sc1cccs1)C(C)C. The highest BCUT2D eigenvalue weighted by Crippen LogP contribution is 2.28. The minimum Gasteiger partial charge on any atom is -0.352 e. The zero-order valence-corrected chi connectivity index (χ0v) is 12.0. The molecule has 1 rings (SSSR count). The van der Waals surface area contributed by atoms with Crippen LogP contribution in [0.25, 0.3) is 0 Å². The number of thioether (sulfide) groups is 1. The lowest BCUT2D eigenvalue weighted by molar-refractivity contribution is 0.303. The van der Waals surface area contributed by atoms with E-state index in [0.29, 0.717) is 12.1 Å². The van der Waals surface area contributed by atoms with Crippen molar-refractivity contribution in [3.8, 4) is 0 Å². The summed E-state index contributed by atoms with van der Waals surface area (Å²) in [6.07, 6.45) is 0. The van der Waals surface area contributed by atoms with Gasteiger partial charge in [-0.1, -0.05) is 18.3 Å². The Hall–Kier alpha value is -0.0600. The maximum Gasteiger partial charge on any atom is 0.142 e. The number of rotatable bonds is 3. The highest BCUT2D eigenvalue weighted by Gasteiger charge is 2.17. The fourth-order valence-electron chi connectivity index (χ4n) is 1.48. The Morgan fingerprint density at radius 3 is 2.33 bits per heavy atom. The molecule has 0 spiro atoms. The van der Waals surface area contributed by atoms with Crippen molar-refractivity contribution < 1.29 is 0 Å². The Bertz CT molecular complexity index is 296. The molecule has 4 heteroatoms. The fourth-order valence-corrected chi connectivity index (χ4v) is 4.22. The number of hydrogen-bond acceptors (Lipinski definition) is 3. The molecule has 0 fully saturated rings. The minimum absolute atomic E-state index is 0.463. The third-order valence-electron chi connectivity index (χ3n) is 2.01. The molecule has 84 valence electrons. The molecular formula is C11H17NS3. The largest absolute Gasteiger partial charge is 0.352 e. The van der Waals surface area contributed by atoms with Crippen LogP contribution in [-0.4, -0.2) is 21.3 Å². The summed E-state index contributed by atoms with van der Waals surface area (Å²) in [4.78, 5) is 2.28. The highest BCUT2D eigenvalue weighted by molar-refractivity contribution is 8.23. The summed E-state index contributed by atoms with van der Waals surface area (Å²) in [7, 11) is 0. The molecule has 1 nitrogen and oxygen atoms in total. The van der Waals surface area contributed by atoms with Crippen LogP contribution in [-0.2, 0) is 0 Å². The minimum atomic E-state index is 0.463. The Morgan fingerprint density at radius 1 is 1.33 bits per heavy atom. The van der Waals surface area contributed by atoms with Crippen molar-refractivity contribution in [1.29, 1.82) is 0 Å². The Labute approximate surface area is 106 Å². The van der Waals surface area contributed by atoms with Gasteiger partial charge in [0.2, 0.25) is 0 Å². The first-order valence-electron chi connectivity index (χ1n) is 5.06. The van der Waals surface area contributed by atoms with Crippen LogP contribution >= 0.6 is 35.3 Å². The monoisotopic (exact) mass is 259 g/mol. The Kier molecular flexibility index (Phi) is 5.09. The third kappa shape index (κ3) is 3.78. The van der Waals surface area contributed by atoms with Gasteiger partial charge in [-0.2, -0.15) is 0 Å². The maximum atomic E-state index is 5.47. The second-order valence-electron chi connectivity index (χ2n) is 3.89. The number of thiophene rings is 1. The Morgan fingerprint density at radius 2 is 1.93 bits per heavy atom. The number of nitrogens with zero attached hydrogens (tertiary/aromatic N) is 1. The summed E-state index contributed by atoms with van der Waals surface area (Å²) in [6, 6.07) is 5.10. The lowest BCUT2D eigenvalue weighted by Crippen LogP contribution is -2.39. The number of thiocarbonyl (C=S) groups is 1. The van der Waals surface area contributed by atoms with Crippen molar-refractivity contribution in [2.45, 2.75) is 44.0 Å². The summed E-state index contributed by atoms with van der Waals surface area (Å²) in [5.74, 6) is 0. The van der Waals surface area contributed by atoms with E-state index in [4.69, 9.17) is 12.2 Å². The predicted octanol–water partition coefficient (Wildman–Crippen LogP) is 4.24. The molecule has 0 atom stereocenters. The maximum absolute atomic E-state index is 5.47. The molecule has 0 saturated carbocycles. The molecule has 0 unspecified atom stereocenters. The lowest BCUT2D eigenvalue weighted by Gasteiger charge is -2.32. The van der Waals surface area contributed by atoms with E-state index in [9.17, 15) is 0 Å². The van der Waals surface area contributed by atoms with E-state index in [1.165, 1.54) is 4.21 Å². The van der Waals surface area contributed by atoms with Crippen molar-refractivity contribution in [1.82, 2.24) is 4.90 Å². The van der Waals surface area contributed by atoms with Gasteiger partial charge in [0.05, 0.1) is 4.21 Å². The van der Waals surface area contributed by atoms with E-state index in [-0.39, 0.29) is 0 Å². The molecule has 0 aromatic carbocycles. The van der Waals surface area contributed by atoms with Gasteiger partial charge in [-0.3, -0.25) is 0 Å². The van der Waals surface area contributed by atoms with Crippen molar-refractivity contribution in [3.05, 3.63) is 17.5 Å². The molecular weight excluding hydrogens is 242 g/mol. The van der Waals surface area contributed by atoms with Gasteiger partial charge in [0.15, 0.2) is 0 Å². The summed E-state index contributed by atoms with van der Waals surface area (Å²) in [5.41, 5.74) is 0. The normalized spacial score (nSPS) is 11.1. The zero-order valence-electron chi connectivity index (χ0n) is 9.56. The second-order valence-corrected chi connectivity index (χ2v) is 6.78. The molecule has 0 N–H and O–H groups in total. The second kappa shape index (κ2) is 5.87. The Balaban J connectivity index is 2.65. The summed E-state index contributed by atoms with van der Waals surface area (Å²) in [6.45, 7) is 8.73. The van der Waals surface area contributed by atoms with Crippen LogP contribution in [0.1, 0.15) is 27.7 Å². The van der Waals surface area contributed by atoms with E-state index < -0.39 is 0 Å². The van der Waals surface area contributed by atoms with Crippen LogP contribution in [0.15, 0.2) is 21.7 Å². The first kappa shape index (κ1) is 13.0. The smallest absolute Gasteiger partial charge is 0.142 e. The molecule has 0 aliphatic carbocycles. The van der Waals surface area contributed by atoms with Gasteiger partial charge in [0.25, 0.3) is 0 Å². The molecule has 1 heterocycles. The van der Waals surface area contributed by atoms with Gasteiger partial charge in [0, 0.05) is 12.1 Å². The van der Waals surface area contributed by atoms with Crippen molar-refractivity contribution >= 4 is 39.6 Å². The van der Waals surface area contributed by atoms with Crippen molar-refractivity contribution in [2.75, 3.05) is 0 Å². The molecule has 0 radical (unpaired) electrons. The van der Waals surface area contributed by atoms with Crippen LogP contribution in [0.4, 0.5) is 0 Å². The summed E-state index contributed by atoms with van der Waals surface area (Å²) < 4.78 is 2.24. The van der Waals surface area contributed by atoms with Crippen LogP contribution in [0, 0.1) is 0 Å². The van der Waals surface area contributed by atoms with Crippen molar-refractivity contribution in [2.24, 2.45) is 0 Å². The molecule has 1 aromatic rings. The molecule has 0 aliphatic rings. The average Bonchev–Trinajstić information content (AvgIpc) is 2.54. The van der Waals surface area contributed by atoms with Gasteiger partial charge in [0.1, 0.15) is 4.32 Å². The van der Waals surface area contributed by atoms with E-state index in [0.717, 1.165) is 4.32 Å². The van der Waals surface area contributed by atoms with Gasteiger partial charge < -0.3 is 4.90 Å². The molecule has 0 bridgehead atoms. The van der Waals surface area contributed by atoms with E-state index >= 15 is 0 Å². The van der Waals surface area contributed by atoms with Gasteiger partial charge in [-0.25, -0.2) is 0 Å². The fraction of sp³-hybridized carbons (Fsp3) is 0.545. The molecule has 0 amide bonds. The van der Waals surface area contributed by atoms with E-state index in [2.05, 4.69) is 50.1 Å². The topological polar surface area (TPSA) is 3.24 Å². The third-order valence-corrected chi connectivity index (χ3v) is 4.39. The first-order chi connectivity index (χ1) is 7.02. The van der Waals surface area contributed by atoms with Gasteiger partial charge >= 0.3 is 0 Å². The van der Waals surface area contributed by atoms with Crippen LogP contribution in [0.2, 0.25) is 0 Å².